The Balaban J connectivity index is 1.74. The molecule has 4 nitrogen and oxygen atoms in total. The number of nitrogens with zero attached hydrogens (tertiary/aromatic N) is 2. The Labute approximate surface area is 125 Å². The summed E-state index contributed by atoms with van der Waals surface area (Å²) in [5.74, 6) is 0.906. The van der Waals surface area contributed by atoms with Gasteiger partial charge in [-0.25, -0.2) is 4.98 Å². The Kier molecular flexibility index (Phi) is 4.44. The highest BCUT2D eigenvalue weighted by Crippen LogP contribution is 2.31. The quantitative estimate of drug-likeness (QED) is 0.927. The van der Waals surface area contributed by atoms with Gasteiger partial charge in [-0.2, -0.15) is 0 Å². The number of halogens is 1. The van der Waals surface area contributed by atoms with E-state index in [2.05, 4.69) is 22.1 Å². The lowest BCUT2D eigenvalue weighted by atomic mass is 10.1. The summed E-state index contributed by atoms with van der Waals surface area (Å²) in [4.78, 5) is 7.14. The third-order valence-corrected chi connectivity index (χ3v) is 4.57. The van der Waals surface area contributed by atoms with Gasteiger partial charge < -0.3 is 10.1 Å². The van der Waals surface area contributed by atoms with E-state index in [0.717, 1.165) is 42.8 Å². The highest BCUT2D eigenvalue weighted by Gasteiger charge is 2.36. The van der Waals surface area contributed by atoms with Crippen molar-refractivity contribution < 1.29 is 4.74 Å². The van der Waals surface area contributed by atoms with Crippen LogP contribution in [0.15, 0.2) is 12.1 Å². The first-order valence-corrected chi connectivity index (χ1v) is 7.90. The number of rotatable bonds is 4. The number of anilines is 1. The van der Waals surface area contributed by atoms with Gasteiger partial charge in [0.05, 0.1) is 23.4 Å². The Morgan fingerprint density at radius 2 is 2.35 bits per heavy atom. The van der Waals surface area contributed by atoms with Crippen LogP contribution in [0.4, 0.5) is 5.82 Å². The van der Waals surface area contributed by atoms with Crippen molar-refractivity contribution in [2.24, 2.45) is 0 Å². The molecule has 110 valence electrons. The topological polar surface area (TPSA) is 37.4 Å². The molecule has 0 bridgehead atoms. The van der Waals surface area contributed by atoms with Crippen LogP contribution in [0.2, 0.25) is 5.02 Å². The van der Waals surface area contributed by atoms with Gasteiger partial charge in [-0.3, -0.25) is 4.90 Å². The molecule has 1 aliphatic heterocycles. The molecule has 0 spiro atoms. The van der Waals surface area contributed by atoms with Crippen molar-refractivity contribution in [2.45, 2.75) is 44.9 Å². The van der Waals surface area contributed by atoms with Crippen molar-refractivity contribution >= 4 is 17.4 Å². The molecular formula is C15H22ClN3O. The molecule has 2 heterocycles. The van der Waals surface area contributed by atoms with Crippen LogP contribution < -0.4 is 5.32 Å². The standard InChI is InChI=1S/C15H22ClN3O/c1-2-17-15-7-6-11(16)12(18-15)10-19-8-9-20-14-5-3-4-13(14)19/h6-7,13-14H,2-5,8-10H2,1H3,(H,17,18). The van der Waals surface area contributed by atoms with Crippen LogP contribution >= 0.6 is 11.6 Å². The number of hydrogen-bond acceptors (Lipinski definition) is 4. The first-order chi connectivity index (χ1) is 9.78. The maximum atomic E-state index is 6.31. The minimum atomic E-state index is 0.416. The molecule has 2 atom stereocenters. The van der Waals surface area contributed by atoms with Gasteiger partial charge in [-0.1, -0.05) is 11.6 Å². The fraction of sp³-hybridized carbons (Fsp3) is 0.667. The normalized spacial score (nSPS) is 26.5. The fourth-order valence-electron chi connectivity index (χ4n) is 3.27. The Bertz CT molecular complexity index is 468. The Morgan fingerprint density at radius 1 is 1.45 bits per heavy atom. The molecule has 1 N–H and O–H groups in total. The van der Waals surface area contributed by atoms with Crippen LogP contribution in [0.1, 0.15) is 31.9 Å². The van der Waals surface area contributed by atoms with Crippen LogP contribution in [0, 0.1) is 0 Å². The molecule has 2 fully saturated rings. The zero-order valence-corrected chi connectivity index (χ0v) is 12.7. The molecular weight excluding hydrogens is 274 g/mol. The summed E-state index contributed by atoms with van der Waals surface area (Å²) in [5, 5.41) is 4.00. The molecule has 2 unspecified atom stereocenters. The number of ether oxygens (including phenoxy) is 1. The average Bonchev–Trinajstić information content (AvgIpc) is 2.92. The second-order valence-electron chi connectivity index (χ2n) is 5.53. The van der Waals surface area contributed by atoms with Crippen molar-refractivity contribution in [3.8, 4) is 0 Å². The third kappa shape index (κ3) is 2.92. The average molecular weight is 296 g/mol. The maximum Gasteiger partial charge on any atom is 0.126 e. The fourth-order valence-corrected chi connectivity index (χ4v) is 3.43. The first-order valence-electron chi connectivity index (χ1n) is 7.53. The van der Waals surface area contributed by atoms with Crippen LogP contribution in [0.3, 0.4) is 0 Å². The van der Waals surface area contributed by atoms with Crippen LogP contribution in [0.5, 0.6) is 0 Å². The summed E-state index contributed by atoms with van der Waals surface area (Å²) >= 11 is 6.31. The summed E-state index contributed by atoms with van der Waals surface area (Å²) < 4.78 is 5.85. The van der Waals surface area contributed by atoms with E-state index in [0.29, 0.717) is 12.1 Å². The van der Waals surface area contributed by atoms with Gasteiger partial charge >= 0.3 is 0 Å². The molecule has 1 aromatic heterocycles. The van der Waals surface area contributed by atoms with Crippen molar-refractivity contribution in [1.82, 2.24) is 9.88 Å². The van der Waals surface area contributed by atoms with Crippen LogP contribution in [-0.4, -0.2) is 41.7 Å². The summed E-state index contributed by atoms with van der Waals surface area (Å²) in [6.45, 7) is 5.57. The lowest BCUT2D eigenvalue weighted by Crippen LogP contribution is -2.48. The smallest absolute Gasteiger partial charge is 0.126 e. The number of morpholine rings is 1. The highest BCUT2D eigenvalue weighted by atomic mass is 35.5. The minimum absolute atomic E-state index is 0.416. The zero-order valence-electron chi connectivity index (χ0n) is 11.9. The maximum absolute atomic E-state index is 6.31. The molecule has 0 amide bonds. The van der Waals surface area contributed by atoms with Gasteiger partial charge in [0.15, 0.2) is 0 Å². The molecule has 0 radical (unpaired) electrons. The predicted molar refractivity (Wildman–Crippen MR) is 81.2 cm³/mol. The molecule has 1 saturated heterocycles. The summed E-state index contributed by atoms with van der Waals surface area (Å²) in [6.07, 6.45) is 4.11. The van der Waals surface area contributed by atoms with Gasteiger partial charge in [0.2, 0.25) is 0 Å². The second-order valence-corrected chi connectivity index (χ2v) is 5.94. The van der Waals surface area contributed by atoms with Gasteiger partial charge in [-0.15, -0.1) is 0 Å². The molecule has 1 aliphatic carbocycles. The summed E-state index contributed by atoms with van der Waals surface area (Å²) in [5.41, 5.74) is 0.970. The van der Waals surface area contributed by atoms with Gasteiger partial charge in [0.25, 0.3) is 0 Å². The lowest BCUT2D eigenvalue weighted by molar-refractivity contribution is -0.0591. The second kappa shape index (κ2) is 6.29. The number of hydrogen-bond donors (Lipinski definition) is 1. The van der Waals surface area contributed by atoms with E-state index < -0.39 is 0 Å². The van der Waals surface area contributed by atoms with E-state index in [1.165, 1.54) is 19.3 Å². The number of nitrogens with one attached hydrogen (secondary N) is 1. The van der Waals surface area contributed by atoms with Crippen LogP contribution in [-0.2, 0) is 11.3 Å². The van der Waals surface area contributed by atoms with Gasteiger partial charge in [0.1, 0.15) is 5.82 Å². The van der Waals surface area contributed by atoms with Crippen molar-refractivity contribution in [2.75, 3.05) is 25.0 Å². The molecule has 1 saturated carbocycles. The predicted octanol–water partition coefficient (Wildman–Crippen LogP) is 2.92. The van der Waals surface area contributed by atoms with Crippen molar-refractivity contribution in [3.63, 3.8) is 0 Å². The van der Waals surface area contributed by atoms with Gasteiger partial charge in [0, 0.05) is 25.7 Å². The zero-order chi connectivity index (χ0) is 13.9. The van der Waals surface area contributed by atoms with E-state index in [4.69, 9.17) is 16.3 Å². The Morgan fingerprint density at radius 3 is 3.20 bits per heavy atom. The Hall–Kier alpha value is -0.840. The molecule has 5 heteroatoms. The molecule has 0 aromatic carbocycles. The lowest BCUT2D eigenvalue weighted by Gasteiger charge is -2.37. The van der Waals surface area contributed by atoms with E-state index in [-0.39, 0.29) is 0 Å². The number of fused-ring (bicyclic) bond motifs is 1. The summed E-state index contributed by atoms with van der Waals surface area (Å²) in [6, 6.07) is 4.42. The van der Waals surface area contributed by atoms with E-state index in [9.17, 15) is 0 Å². The van der Waals surface area contributed by atoms with E-state index in [1.807, 2.05) is 12.1 Å². The molecule has 1 aromatic rings. The highest BCUT2D eigenvalue weighted by molar-refractivity contribution is 6.31. The molecule has 3 rings (SSSR count). The third-order valence-electron chi connectivity index (χ3n) is 4.23. The summed E-state index contributed by atoms with van der Waals surface area (Å²) in [7, 11) is 0. The molecule has 20 heavy (non-hydrogen) atoms. The SMILES string of the molecule is CCNc1ccc(Cl)c(CN2CCOC3CCCC32)n1. The first kappa shape index (κ1) is 14.1. The van der Waals surface area contributed by atoms with Gasteiger partial charge in [-0.05, 0) is 38.3 Å². The van der Waals surface area contributed by atoms with Crippen molar-refractivity contribution in [1.29, 1.82) is 0 Å². The van der Waals surface area contributed by atoms with Crippen LogP contribution in [0.25, 0.3) is 0 Å². The minimum Gasteiger partial charge on any atom is -0.375 e. The molecule has 2 aliphatic rings. The largest absolute Gasteiger partial charge is 0.375 e. The number of aromatic nitrogens is 1. The van der Waals surface area contributed by atoms with E-state index in [1.54, 1.807) is 0 Å². The monoisotopic (exact) mass is 295 g/mol. The van der Waals surface area contributed by atoms with E-state index >= 15 is 0 Å². The number of pyridine rings is 1. The van der Waals surface area contributed by atoms with Crippen molar-refractivity contribution in [3.05, 3.63) is 22.8 Å².